The molecule has 142 valence electrons. The van der Waals surface area contributed by atoms with E-state index in [-0.39, 0.29) is 10.8 Å². The molecule has 0 aliphatic heterocycles. The molecular formula is C18H20N4O4S. The largest absolute Gasteiger partial charge is 0.465 e. The minimum absolute atomic E-state index is 0.119. The summed E-state index contributed by atoms with van der Waals surface area (Å²) in [5.74, 6) is -0.360. The lowest BCUT2D eigenvalue weighted by Crippen LogP contribution is -2.20. The quantitative estimate of drug-likeness (QED) is 0.600. The van der Waals surface area contributed by atoms with Crippen LogP contribution in [0.25, 0.3) is 11.0 Å². The molecule has 9 heteroatoms. The molecule has 8 nitrogen and oxygen atoms in total. The smallest absolute Gasteiger partial charge is 0.294 e. The van der Waals surface area contributed by atoms with Gasteiger partial charge in [0, 0.05) is 11.3 Å². The normalized spacial score (nSPS) is 11.5. The predicted molar refractivity (Wildman–Crippen MR) is 103 cm³/mol. The second kappa shape index (κ2) is 7.37. The number of aryl methyl sites for hydroxylation is 1. The lowest BCUT2D eigenvalue weighted by atomic mass is 10.1. The summed E-state index contributed by atoms with van der Waals surface area (Å²) in [7, 11) is -2.27. The molecule has 1 aromatic heterocycles. The Kier molecular flexibility index (Phi) is 5.15. The standard InChI is InChI=1S/C18H20N4O4S/c1-4-26-18-21-14-8-6-12(9-15(14)22-18)17(23)20-13-7-5-11(2)16(10-13)27(24,25)19-3/h5-10,19H,4H2,1-3H3,(H,20,23)(H,21,22). The maximum absolute atomic E-state index is 12.6. The van der Waals surface area contributed by atoms with Crippen LogP contribution >= 0.6 is 0 Å². The van der Waals surface area contributed by atoms with Gasteiger partial charge in [-0.3, -0.25) is 4.79 Å². The monoisotopic (exact) mass is 388 g/mol. The Labute approximate surface area is 157 Å². The highest BCUT2D eigenvalue weighted by molar-refractivity contribution is 7.89. The van der Waals surface area contributed by atoms with Gasteiger partial charge >= 0.3 is 0 Å². The van der Waals surface area contributed by atoms with Gasteiger partial charge in [-0.05, 0) is 56.8 Å². The van der Waals surface area contributed by atoms with Crippen molar-refractivity contribution in [1.29, 1.82) is 0 Å². The fourth-order valence-electron chi connectivity index (χ4n) is 2.61. The zero-order valence-electron chi connectivity index (χ0n) is 15.2. The van der Waals surface area contributed by atoms with E-state index in [4.69, 9.17) is 4.74 Å². The fourth-order valence-corrected chi connectivity index (χ4v) is 3.61. The molecule has 1 heterocycles. The van der Waals surface area contributed by atoms with Crippen LogP contribution in [0.2, 0.25) is 0 Å². The maximum Gasteiger partial charge on any atom is 0.294 e. The molecular weight excluding hydrogens is 368 g/mol. The van der Waals surface area contributed by atoms with Gasteiger partial charge in [-0.1, -0.05) is 6.07 Å². The molecule has 1 amide bonds. The molecule has 27 heavy (non-hydrogen) atoms. The van der Waals surface area contributed by atoms with Crippen molar-refractivity contribution in [3.8, 4) is 6.01 Å². The van der Waals surface area contributed by atoms with Crippen LogP contribution in [0.1, 0.15) is 22.8 Å². The number of hydrogen-bond acceptors (Lipinski definition) is 5. The van der Waals surface area contributed by atoms with Crippen molar-refractivity contribution in [2.24, 2.45) is 0 Å². The molecule has 0 aliphatic rings. The number of carbonyl (C=O) groups excluding carboxylic acids is 1. The third-order valence-corrected chi connectivity index (χ3v) is 5.56. The number of H-pyrrole nitrogens is 1. The lowest BCUT2D eigenvalue weighted by molar-refractivity contribution is 0.102. The van der Waals surface area contributed by atoms with Crippen molar-refractivity contribution in [2.75, 3.05) is 19.0 Å². The molecule has 3 rings (SSSR count). The number of aromatic amines is 1. The Bertz CT molecular complexity index is 1110. The number of anilines is 1. The van der Waals surface area contributed by atoms with Crippen LogP contribution < -0.4 is 14.8 Å². The van der Waals surface area contributed by atoms with Gasteiger partial charge in [0.25, 0.3) is 11.9 Å². The molecule has 0 spiro atoms. The minimum atomic E-state index is -3.61. The molecule has 3 N–H and O–H groups in total. The van der Waals surface area contributed by atoms with Gasteiger partial charge in [-0.25, -0.2) is 13.1 Å². The summed E-state index contributed by atoms with van der Waals surface area (Å²) in [5.41, 5.74) is 2.75. The van der Waals surface area contributed by atoms with E-state index in [1.807, 2.05) is 6.92 Å². The van der Waals surface area contributed by atoms with E-state index in [9.17, 15) is 13.2 Å². The molecule has 3 aromatic rings. The van der Waals surface area contributed by atoms with Gasteiger partial charge in [0.15, 0.2) is 0 Å². The third kappa shape index (κ3) is 3.93. The van der Waals surface area contributed by atoms with Crippen molar-refractivity contribution in [1.82, 2.24) is 14.7 Å². The number of aromatic nitrogens is 2. The van der Waals surface area contributed by atoms with Crippen molar-refractivity contribution < 1.29 is 17.9 Å². The summed E-state index contributed by atoms with van der Waals surface area (Å²) in [5, 5.41) is 2.72. The van der Waals surface area contributed by atoms with Crippen LogP contribution in [0, 0.1) is 6.92 Å². The maximum atomic E-state index is 12.6. The summed E-state index contributed by atoms with van der Waals surface area (Å²) < 4.78 is 31.8. The third-order valence-electron chi connectivity index (χ3n) is 4.01. The number of nitrogens with one attached hydrogen (secondary N) is 3. The fraction of sp³-hybridized carbons (Fsp3) is 0.222. The number of ether oxygens (including phenoxy) is 1. The van der Waals surface area contributed by atoms with Gasteiger partial charge in [-0.15, -0.1) is 0 Å². The van der Waals surface area contributed by atoms with E-state index in [2.05, 4.69) is 20.0 Å². The summed E-state index contributed by atoms with van der Waals surface area (Å²) >= 11 is 0. The summed E-state index contributed by atoms with van der Waals surface area (Å²) in [6, 6.07) is 10.2. The molecule has 0 unspecified atom stereocenters. The molecule has 0 atom stereocenters. The Hall–Kier alpha value is -2.91. The molecule has 2 aromatic carbocycles. The number of hydrogen-bond donors (Lipinski definition) is 3. The highest BCUT2D eigenvalue weighted by Crippen LogP contribution is 2.22. The number of nitrogens with zero attached hydrogens (tertiary/aromatic N) is 1. The van der Waals surface area contributed by atoms with Crippen molar-refractivity contribution in [2.45, 2.75) is 18.7 Å². The van der Waals surface area contributed by atoms with Crippen LogP contribution in [-0.4, -0.2) is 37.9 Å². The van der Waals surface area contributed by atoms with Gasteiger partial charge < -0.3 is 15.0 Å². The highest BCUT2D eigenvalue weighted by atomic mass is 32.2. The minimum Gasteiger partial charge on any atom is -0.465 e. The number of amides is 1. The van der Waals surface area contributed by atoms with Crippen LogP contribution in [0.3, 0.4) is 0 Å². The molecule has 0 saturated heterocycles. The average molecular weight is 388 g/mol. The Morgan fingerprint density at radius 1 is 1.22 bits per heavy atom. The molecule has 0 aliphatic carbocycles. The van der Waals surface area contributed by atoms with Crippen LogP contribution in [-0.2, 0) is 10.0 Å². The predicted octanol–water partition coefficient (Wildman–Crippen LogP) is 2.43. The zero-order chi connectivity index (χ0) is 19.6. The van der Waals surface area contributed by atoms with E-state index >= 15 is 0 Å². The molecule has 0 fully saturated rings. The first-order valence-electron chi connectivity index (χ1n) is 8.32. The van der Waals surface area contributed by atoms with Crippen LogP contribution in [0.4, 0.5) is 5.69 Å². The Morgan fingerprint density at radius 2 is 2.00 bits per heavy atom. The first-order valence-corrected chi connectivity index (χ1v) is 9.80. The second-order valence-electron chi connectivity index (χ2n) is 5.85. The van der Waals surface area contributed by atoms with Crippen molar-refractivity contribution in [3.63, 3.8) is 0 Å². The SMILES string of the molecule is CCOc1nc2ccc(C(=O)Nc3ccc(C)c(S(=O)(=O)NC)c3)cc2[nH]1. The van der Waals surface area contributed by atoms with E-state index in [1.54, 1.807) is 37.3 Å². The first kappa shape index (κ1) is 18.9. The second-order valence-corrected chi connectivity index (χ2v) is 7.70. The number of benzene rings is 2. The number of carbonyl (C=O) groups is 1. The summed E-state index contributed by atoms with van der Waals surface area (Å²) in [6.45, 7) is 4.03. The topological polar surface area (TPSA) is 113 Å². The van der Waals surface area contributed by atoms with Gasteiger partial charge in [0.05, 0.1) is 22.5 Å². The molecule has 0 bridgehead atoms. The van der Waals surface area contributed by atoms with E-state index in [0.717, 1.165) is 0 Å². The number of rotatable bonds is 6. The first-order chi connectivity index (χ1) is 12.8. The molecule has 0 radical (unpaired) electrons. The van der Waals surface area contributed by atoms with Crippen molar-refractivity contribution >= 4 is 32.7 Å². The average Bonchev–Trinajstić information content (AvgIpc) is 3.05. The van der Waals surface area contributed by atoms with E-state index in [1.165, 1.54) is 13.1 Å². The Morgan fingerprint density at radius 3 is 2.70 bits per heavy atom. The van der Waals surface area contributed by atoms with Gasteiger partial charge in [0.2, 0.25) is 10.0 Å². The van der Waals surface area contributed by atoms with Crippen molar-refractivity contribution in [3.05, 3.63) is 47.5 Å². The molecule has 0 saturated carbocycles. The van der Waals surface area contributed by atoms with Crippen LogP contribution in [0.5, 0.6) is 6.01 Å². The Balaban J connectivity index is 1.87. The lowest BCUT2D eigenvalue weighted by Gasteiger charge is -2.10. The van der Waals surface area contributed by atoms with Crippen LogP contribution in [0.15, 0.2) is 41.3 Å². The van der Waals surface area contributed by atoms with E-state index in [0.29, 0.717) is 40.5 Å². The summed E-state index contributed by atoms with van der Waals surface area (Å²) in [6.07, 6.45) is 0. The van der Waals surface area contributed by atoms with Gasteiger partial charge in [-0.2, -0.15) is 4.98 Å². The number of fused-ring (bicyclic) bond motifs is 1. The number of sulfonamides is 1. The number of imidazole rings is 1. The summed E-state index contributed by atoms with van der Waals surface area (Å²) in [4.78, 5) is 19.9. The highest BCUT2D eigenvalue weighted by Gasteiger charge is 2.16. The zero-order valence-corrected chi connectivity index (χ0v) is 16.0. The van der Waals surface area contributed by atoms with Gasteiger partial charge in [0.1, 0.15) is 0 Å². The van der Waals surface area contributed by atoms with E-state index < -0.39 is 10.0 Å².